The Morgan fingerprint density at radius 1 is 1.08 bits per heavy atom. The van der Waals surface area contributed by atoms with Crippen molar-refractivity contribution in [2.24, 2.45) is 0 Å². The molecule has 0 radical (unpaired) electrons. The molecule has 0 aliphatic carbocycles. The minimum absolute atomic E-state index is 0.141. The zero-order valence-electron chi connectivity index (χ0n) is 14.7. The van der Waals surface area contributed by atoms with Gasteiger partial charge in [-0.25, -0.2) is 0 Å². The number of Topliss-reactive ketones (excluding diaryl/α,β-unsaturated/α-hetero) is 1. The molecule has 1 aromatic heterocycles. The molecule has 0 aliphatic rings. The van der Waals surface area contributed by atoms with Crippen molar-refractivity contribution < 1.29 is 23.5 Å². The molecule has 0 fully saturated rings. The smallest absolute Gasteiger partial charge is 0.223 e. The molecule has 26 heavy (non-hydrogen) atoms. The summed E-state index contributed by atoms with van der Waals surface area (Å²) in [6.07, 6.45) is 0. The number of aromatic nitrogens is 2. The maximum absolute atomic E-state index is 12.5. The summed E-state index contributed by atoms with van der Waals surface area (Å²) in [5.41, 5.74) is 1.14. The van der Waals surface area contributed by atoms with Crippen LogP contribution in [0.3, 0.4) is 0 Å². The average molecular weight is 354 g/mol. The van der Waals surface area contributed by atoms with Crippen molar-refractivity contribution in [2.45, 2.75) is 6.92 Å². The lowest BCUT2D eigenvalue weighted by molar-refractivity contribution is 0.0918. The van der Waals surface area contributed by atoms with E-state index in [1.165, 1.54) is 14.2 Å². The Balaban J connectivity index is 1.74. The minimum atomic E-state index is -0.221. The molecule has 0 spiro atoms. The first-order valence-corrected chi connectivity index (χ1v) is 7.89. The fraction of sp³-hybridized carbons (Fsp3) is 0.211. The molecule has 0 saturated carbocycles. The van der Waals surface area contributed by atoms with E-state index in [1.54, 1.807) is 43.3 Å². The highest BCUT2D eigenvalue weighted by atomic mass is 16.5. The summed E-state index contributed by atoms with van der Waals surface area (Å²) >= 11 is 0. The molecule has 0 N–H and O–H groups in total. The molecule has 0 saturated heterocycles. The van der Waals surface area contributed by atoms with Gasteiger partial charge in [0.15, 0.2) is 6.61 Å². The second-order valence-electron chi connectivity index (χ2n) is 5.44. The molecule has 0 bridgehead atoms. The predicted molar refractivity (Wildman–Crippen MR) is 93.8 cm³/mol. The Hall–Kier alpha value is -3.35. The second-order valence-corrected chi connectivity index (χ2v) is 5.44. The van der Waals surface area contributed by atoms with Crippen LogP contribution in [0.2, 0.25) is 0 Å². The Morgan fingerprint density at radius 3 is 2.62 bits per heavy atom. The number of hydrogen-bond acceptors (Lipinski definition) is 7. The third kappa shape index (κ3) is 3.83. The summed E-state index contributed by atoms with van der Waals surface area (Å²) in [6, 6.07) is 12.2. The lowest BCUT2D eigenvalue weighted by atomic mass is 10.1. The summed E-state index contributed by atoms with van der Waals surface area (Å²) in [7, 11) is 3.05. The number of carbonyl (C=O) groups is 1. The van der Waals surface area contributed by atoms with Crippen molar-refractivity contribution in [3.63, 3.8) is 0 Å². The number of hydrogen-bond donors (Lipinski definition) is 0. The summed E-state index contributed by atoms with van der Waals surface area (Å²) in [5.74, 6) is 2.29. The highest BCUT2D eigenvalue weighted by Gasteiger charge is 2.15. The maximum atomic E-state index is 12.5. The van der Waals surface area contributed by atoms with Gasteiger partial charge in [0.25, 0.3) is 0 Å². The Kier molecular flexibility index (Phi) is 5.17. The summed E-state index contributed by atoms with van der Waals surface area (Å²) < 4.78 is 21.0. The molecule has 134 valence electrons. The third-order valence-corrected chi connectivity index (χ3v) is 3.70. The highest BCUT2D eigenvalue weighted by molar-refractivity contribution is 6.00. The van der Waals surface area contributed by atoms with E-state index >= 15 is 0 Å². The lowest BCUT2D eigenvalue weighted by Gasteiger charge is -2.11. The van der Waals surface area contributed by atoms with Gasteiger partial charge in [0.2, 0.25) is 17.5 Å². The van der Waals surface area contributed by atoms with E-state index in [-0.39, 0.29) is 12.4 Å². The highest BCUT2D eigenvalue weighted by Crippen LogP contribution is 2.25. The predicted octanol–water partition coefficient (Wildman–Crippen LogP) is 3.32. The summed E-state index contributed by atoms with van der Waals surface area (Å²) in [6.45, 7) is 1.58. The standard InChI is InChI=1S/C19H18N2O5/c1-12-20-19(21-26-12)13-5-4-6-15(9-13)25-11-17(22)16-10-14(23-2)7-8-18(16)24-3/h4-10H,11H2,1-3H3. The van der Waals surface area contributed by atoms with E-state index in [2.05, 4.69) is 10.1 Å². The first kappa shape index (κ1) is 17.5. The largest absolute Gasteiger partial charge is 0.497 e. The fourth-order valence-electron chi connectivity index (χ4n) is 2.40. The van der Waals surface area contributed by atoms with Gasteiger partial charge in [-0.1, -0.05) is 17.3 Å². The topological polar surface area (TPSA) is 83.7 Å². The van der Waals surface area contributed by atoms with Crippen LogP contribution in [0.5, 0.6) is 17.2 Å². The number of carbonyl (C=O) groups excluding carboxylic acids is 1. The molecular formula is C19H18N2O5. The van der Waals surface area contributed by atoms with Crippen LogP contribution >= 0.6 is 0 Å². The van der Waals surface area contributed by atoms with Crippen LogP contribution in [-0.4, -0.2) is 36.8 Å². The maximum Gasteiger partial charge on any atom is 0.223 e. The van der Waals surface area contributed by atoms with E-state index in [0.29, 0.717) is 34.5 Å². The van der Waals surface area contributed by atoms with E-state index in [0.717, 1.165) is 5.56 Å². The monoisotopic (exact) mass is 354 g/mol. The van der Waals surface area contributed by atoms with Crippen LogP contribution in [0.25, 0.3) is 11.4 Å². The van der Waals surface area contributed by atoms with E-state index in [1.807, 2.05) is 6.07 Å². The van der Waals surface area contributed by atoms with Gasteiger partial charge in [-0.05, 0) is 30.3 Å². The van der Waals surface area contributed by atoms with E-state index in [4.69, 9.17) is 18.7 Å². The molecule has 1 heterocycles. The normalized spacial score (nSPS) is 10.4. The molecule has 0 amide bonds. The quantitative estimate of drug-likeness (QED) is 0.602. The van der Waals surface area contributed by atoms with Crippen molar-refractivity contribution in [3.05, 3.63) is 53.9 Å². The van der Waals surface area contributed by atoms with Crippen LogP contribution in [-0.2, 0) is 0 Å². The van der Waals surface area contributed by atoms with Gasteiger partial charge in [0, 0.05) is 12.5 Å². The van der Waals surface area contributed by atoms with Crippen LogP contribution < -0.4 is 14.2 Å². The van der Waals surface area contributed by atoms with E-state index in [9.17, 15) is 4.79 Å². The van der Waals surface area contributed by atoms with Crippen LogP contribution in [0, 0.1) is 6.92 Å². The number of benzene rings is 2. The van der Waals surface area contributed by atoms with Crippen molar-refractivity contribution in [1.82, 2.24) is 10.1 Å². The number of ether oxygens (including phenoxy) is 3. The zero-order valence-corrected chi connectivity index (χ0v) is 14.7. The third-order valence-electron chi connectivity index (χ3n) is 3.70. The first-order chi connectivity index (χ1) is 12.6. The van der Waals surface area contributed by atoms with Gasteiger partial charge in [0.1, 0.15) is 17.2 Å². The van der Waals surface area contributed by atoms with Crippen molar-refractivity contribution >= 4 is 5.78 Å². The molecule has 3 aromatic rings. The number of aryl methyl sites for hydroxylation is 1. The minimum Gasteiger partial charge on any atom is -0.497 e. The van der Waals surface area contributed by atoms with Crippen molar-refractivity contribution in [2.75, 3.05) is 20.8 Å². The number of ketones is 1. The molecule has 0 atom stereocenters. The van der Waals surface area contributed by atoms with Gasteiger partial charge in [-0.15, -0.1) is 0 Å². The number of nitrogens with zero attached hydrogens (tertiary/aromatic N) is 2. The van der Waals surface area contributed by atoms with Crippen molar-refractivity contribution in [3.8, 4) is 28.6 Å². The van der Waals surface area contributed by atoms with Gasteiger partial charge >= 0.3 is 0 Å². The fourth-order valence-corrected chi connectivity index (χ4v) is 2.40. The Morgan fingerprint density at radius 2 is 1.92 bits per heavy atom. The Labute approximate surface area is 150 Å². The van der Waals surface area contributed by atoms with Crippen LogP contribution in [0.1, 0.15) is 16.2 Å². The molecule has 0 unspecified atom stereocenters. The first-order valence-electron chi connectivity index (χ1n) is 7.89. The molecular weight excluding hydrogens is 336 g/mol. The van der Waals surface area contributed by atoms with Gasteiger partial charge in [-0.2, -0.15) is 4.98 Å². The van der Waals surface area contributed by atoms with Gasteiger partial charge in [-0.3, -0.25) is 4.79 Å². The van der Waals surface area contributed by atoms with Gasteiger partial charge in [0.05, 0.1) is 19.8 Å². The molecule has 0 aliphatic heterocycles. The second kappa shape index (κ2) is 7.69. The number of methoxy groups -OCH3 is 2. The van der Waals surface area contributed by atoms with Crippen LogP contribution in [0.15, 0.2) is 47.0 Å². The lowest BCUT2D eigenvalue weighted by Crippen LogP contribution is -2.13. The molecule has 7 nitrogen and oxygen atoms in total. The Bertz CT molecular complexity index is 920. The average Bonchev–Trinajstić information content (AvgIpc) is 3.12. The summed E-state index contributed by atoms with van der Waals surface area (Å²) in [4.78, 5) is 16.7. The van der Waals surface area contributed by atoms with Crippen molar-refractivity contribution in [1.29, 1.82) is 0 Å². The van der Waals surface area contributed by atoms with E-state index < -0.39 is 0 Å². The molecule has 7 heteroatoms. The van der Waals surface area contributed by atoms with Gasteiger partial charge < -0.3 is 18.7 Å². The zero-order chi connectivity index (χ0) is 18.5. The van der Waals surface area contributed by atoms with Crippen LogP contribution in [0.4, 0.5) is 0 Å². The number of rotatable bonds is 7. The molecule has 3 rings (SSSR count). The summed E-state index contributed by atoms with van der Waals surface area (Å²) in [5, 5.41) is 3.87. The SMILES string of the molecule is COc1ccc(OC)c(C(=O)COc2cccc(-c3noc(C)n3)c2)c1. The molecule has 2 aromatic carbocycles.